The van der Waals surface area contributed by atoms with Gasteiger partial charge in [-0.25, -0.2) is 4.98 Å². The fraction of sp³-hybridized carbons (Fsp3) is 0.267. The van der Waals surface area contributed by atoms with E-state index in [-0.39, 0.29) is 6.04 Å². The van der Waals surface area contributed by atoms with Crippen molar-refractivity contribution in [2.75, 3.05) is 5.32 Å². The largest absolute Gasteiger partial charge is 0.467 e. The van der Waals surface area contributed by atoms with Gasteiger partial charge in [0.05, 0.1) is 28.2 Å². The van der Waals surface area contributed by atoms with E-state index in [1.807, 2.05) is 19.1 Å². The number of aromatic nitrogens is 1. The summed E-state index contributed by atoms with van der Waals surface area (Å²) in [5.41, 5.74) is 7.50. The molecule has 0 unspecified atom stereocenters. The van der Waals surface area contributed by atoms with Crippen LogP contribution in [0.25, 0.3) is 10.2 Å². The van der Waals surface area contributed by atoms with Crippen LogP contribution in [0.2, 0.25) is 10.2 Å². The van der Waals surface area contributed by atoms with E-state index < -0.39 is 0 Å². The topological polar surface area (TPSA) is 64.1 Å². The summed E-state index contributed by atoms with van der Waals surface area (Å²) in [7, 11) is 0. The van der Waals surface area contributed by atoms with Gasteiger partial charge >= 0.3 is 0 Å². The number of anilines is 1. The molecule has 0 amide bonds. The van der Waals surface area contributed by atoms with Crippen LogP contribution in [-0.4, -0.2) is 11.0 Å². The van der Waals surface area contributed by atoms with Crippen LogP contribution in [0.4, 0.5) is 5.69 Å². The van der Waals surface area contributed by atoms with Crippen LogP contribution in [-0.2, 0) is 13.0 Å². The number of rotatable bonds is 5. The first-order valence-electron chi connectivity index (χ1n) is 6.84. The third-order valence-electron chi connectivity index (χ3n) is 3.16. The standard InChI is InChI=1S/C15H15Cl2N3OS/c1-8(18)5-11-13(17)14-15(22-11)10(6-12(16)20-14)19-7-9-3-2-4-21-9/h2-4,6,8H,5,7,18H2,1H3,(H,19,20)/t8-/m1/s1. The number of pyridine rings is 1. The monoisotopic (exact) mass is 355 g/mol. The quantitative estimate of drug-likeness (QED) is 0.651. The molecular weight excluding hydrogens is 341 g/mol. The van der Waals surface area contributed by atoms with Gasteiger partial charge in [0.25, 0.3) is 0 Å². The lowest BCUT2D eigenvalue weighted by atomic mass is 10.2. The van der Waals surface area contributed by atoms with Crippen molar-refractivity contribution in [1.82, 2.24) is 4.98 Å². The number of halogens is 2. The minimum atomic E-state index is 0.0422. The maximum atomic E-state index is 6.43. The molecule has 3 heterocycles. The van der Waals surface area contributed by atoms with E-state index in [0.717, 1.165) is 33.0 Å². The Morgan fingerprint density at radius 3 is 2.95 bits per heavy atom. The number of fused-ring (bicyclic) bond motifs is 1. The number of nitrogens with zero attached hydrogens (tertiary/aromatic N) is 1. The van der Waals surface area contributed by atoms with Crippen molar-refractivity contribution in [2.24, 2.45) is 5.73 Å². The van der Waals surface area contributed by atoms with Crippen molar-refractivity contribution in [3.05, 3.63) is 45.3 Å². The Kier molecular flexibility index (Phi) is 4.59. The number of thiophene rings is 1. The van der Waals surface area contributed by atoms with Gasteiger partial charge in [-0.3, -0.25) is 0 Å². The van der Waals surface area contributed by atoms with E-state index in [2.05, 4.69) is 10.3 Å². The summed E-state index contributed by atoms with van der Waals surface area (Å²) >= 11 is 14.1. The number of furan rings is 1. The molecule has 3 aromatic heterocycles. The molecule has 1 atom stereocenters. The highest BCUT2D eigenvalue weighted by molar-refractivity contribution is 7.20. The molecule has 0 bridgehead atoms. The highest BCUT2D eigenvalue weighted by Gasteiger charge is 2.17. The molecule has 3 aromatic rings. The van der Waals surface area contributed by atoms with E-state index in [9.17, 15) is 0 Å². The summed E-state index contributed by atoms with van der Waals surface area (Å²) in [5.74, 6) is 0.847. The molecule has 0 fully saturated rings. The van der Waals surface area contributed by atoms with Gasteiger partial charge in [-0.15, -0.1) is 11.3 Å². The third-order valence-corrected chi connectivity index (χ3v) is 5.11. The van der Waals surface area contributed by atoms with Crippen molar-refractivity contribution in [3.63, 3.8) is 0 Å². The molecule has 22 heavy (non-hydrogen) atoms. The van der Waals surface area contributed by atoms with Crippen LogP contribution in [0, 0.1) is 0 Å². The van der Waals surface area contributed by atoms with Gasteiger partial charge in [0.1, 0.15) is 16.4 Å². The molecule has 3 rings (SSSR count). The molecular formula is C15H15Cl2N3OS. The predicted molar refractivity (Wildman–Crippen MR) is 93.0 cm³/mol. The third kappa shape index (κ3) is 3.22. The summed E-state index contributed by atoms with van der Waals surface area (Å²) < 4.78 is 6.31. The molecule has 0 aliphatic carbocycles. The van der Waals surface area contributed by atoms with E-state index >= 15 is 0 Å². The van der Waals surface area contributed by atoms with Crippen molar-refractivity contribution in [3.8, 4) is 0 Å². The zero-order valence-electron chi connectivity index (χ0n) is 11.9. The zero-order chi connectivity index (χ0) is 15.7. The average Bonchev–Trinajstić information content (AvgIpc) is 3.07. The number of nitrogens with two attached hydrogens (primary N) is 1. The summed E-state index contributed by atoms with van der Waals surface area (Å²) in [4.78, 5) is 5.38. The van der Waals surface area contributed by atoms with Gasteiger partial charge in [0, 0.05) is 17.0 Å². The zero-order valence-corrected chi connectivity index (χ0v) is 14.2. The molecule has 0 aliphatic rings. The summed E-state index contributed by atoms with van der Waals surface area (Å²) in [6, 6.07) is 5.61. The SMILES string of the molecule is C[C@@H](N)Cc1sc2c(NCc3ccco3)cc(Cl)nc2c1Cl. The Balaban J connectivity index is 1.98. The van der Waals surface area contributed by atoms with Gasteiger partial charge in [-0.05, 0) is 25.5 Å². The van der Waals surface area contributed by atoms with Gasteiger partial charge in [0.2, 0.25) is 0 Å². The summed E-state index contributed by atoms with van der Waals surface area (Å²) in [6.07, 6.45) is 2.37. The van der Waals surface area contributed by atoms with Gasteiger partial charge in [-0.2, -0.15) is 0 Å². The predicted octanol–water partition coefficient (Wildman–Crippen LogP) is 4.70. The first kappa shape index (κ1) is 15.6. The van der Waals surface area contributed by atoms with Crippen LogP contribution in [0.15, 0.2) is 28.9 Å². The molecule has 0 aromatic carbocycles. The van der Waals surface area contributed by atoms with Gasteiger partial charge in [-0.1, -0.05) is 23.2 Å². The summed E-state index contributed by atoms with van der Waals surface area (Å²) in [6.45, 7) is 2.53. The number of hydrogen-bond acceptors (Lipinski definition) is 5. The van der Waals surface area contributed by atoms with E-state index in [4.69, 9.17) is 33.4 Å². The summed E-state index contributed by atoms with van der Waals surface area (Å²) in [5, 5.41) is 4.37. The van der Waals surface area contributed by atoms with Gasteiger partial charge < -0.3 is 15.5 Å². The molecule has 3 N–H and O–H groups in total. The Bertz CT molecular complexity index is 784. The lowest BCUT2D eigenvalue weighted by Crippen LogP contribution is -2.17. The Morgan fingerprint density at radius 1 is 1.45 bits per heavy atom. The van der Waals surface area contributed by atoms with Crippen molar-refractivity contribution < 1.29 is 4.42 Å². The maximum absolute atomic E-state index is 6.43. The Hall–Kier alpha value is -1.27. The Labute approximate surface area is 142 Å². The minimum Gasteiger partial charge on any atom is -0.467 e. The van der Waals surface area contributed by atoms with E-state index in [1.165, 1.54) is 0 Å². The van der Waals surface area contributed by atoms with Crippen molar-refractivity contribution in [2.45, 2.75) is 25.9 Å². The van der Waals surface area contributed by atoms with E-state index in [0.29, 0.717) is 16.7 Å². The molecule has 0 spiro atoms. The molecule has 4 nitrogen and oxygen atoms in total. The average molecular weight is 356 g/mol. The lowest BCUT2D eigenvalue weighted by Gasteiger charge is -2.06. The second-order valence-electron chi connectivity index (χ2n) is 5.12. The van der Waals surface area contributed by atoms with Crippen LogP contribution in [0.1, 0.15) is 17.6 Å². The first-order chi connectivity index (χ1) is 10.5. The normalized spacial score (nSPS) is 12.7. The molecule has 7 heteroatoms. The van der Waals surface area contributed by atoms with Gasteiger partial charge in [0.15, 0.2) is 0 Å². The van der Waals surface area contributed by atoms with Crippen LogP contribution in [0.5, 0.6) is 0 Å². The van der Waals surface area contributed by atoms with Crippen molar-refractivity contribution in [1.29, 1.82) is 0 Å². The fourth-order valence-corrected chi connectivity index (χ4v) is 4.05. The van der Waals surface area contributed by atoms with Crippen LogP contribution >= 0.6 is 34.5 Å². The fourth-order valence-electron chi connectivity index (χ4n) is 2.20. The molecule has 116 valence electrons. The minimum absolute atomic E-state index is 0.0422. The van der Waals surface area contributed by atoms with Crippen LogP contribution < -0.4 is 11.1 Å². The molecule has 0 saturated heterocycles. The molecule has 0 aliphatic heterocycles. The number of nitrogens with one attached hydrogen (secondary N) is 1. The van der Waals surface area contributed by atoms with Crippen molar-refractivity contribution >= 4 is 50.4 Å². The second kappa shape index (κ2) is 6.46. The highest BCUT2D eigenvalue weighted by Crippen LogP contribution is 2.40. The smallest absolute Gasteiger partial charge is 0.131 e. The number of hydrogen-bond donors (Lipinski definition) is 2. The lowest BCUT2D eigenvalue weighted by molar-refractivity contribution is 0.518. The maximum Gasteiger partial charge on any atom is 0.131 e. The van der Waals surface area contributed by atoms with E-state index in [1.54, 1.807) is 23.7 Å². The molecule has 0 saturated carbocycles. The highest BCUT2D eigenvalue weighted by atomic mass is 35.5. The second-order valence-corrected chi connectivity index (χ2v) is 6.99. The van der Waals surface area contributed by atoms with Crippen LogP contribution in [0.3, 0.4) is 0 Å². The molecule has 0 radical (unpaired) electrons. The Morgan fingerprint density at radius 2 is 2.27 bits per heavy atom. The first-order valence-corrected chi connectivity index (χ1v) is 8.41.